The molecule has 0 aromatic heterocycles. The second kappa shape index (κ2) is 7.83. The number of amides is 2. The van der Waals surface area contributed by atoms with Crippen molar-refractivity contribution >= 4 is 17.5 Å². The van der Waals surface area contributed by atoms with Crippen molar-refractivity contribution in [2.24, 2.45) is 5.41 Å². The molecule has 1 aliphatic rings. The van der Waals surface area contributed by atoms with Crippen LogP contribution in [-0.4, -0.2) is 40.5 Å². The zero-order valence-electron chi connectivity index (χ0n) is 15.3. The number of nitrogens with one attached hydrogen (secondary N) is 1. The SMILES string of the molecule is C=CC(=O)Nc1ccc(CC(=O)N(CC(O)C(C)(C)C)C2CC2)cc1. The fourth-order valence-electron chi connectivity index (χ4n) is 2.48. The fourth-order valence-corrected chi connectivity index (χ4v) is 2.48. The second-order valence-electron chi connectivity index (χ2n) is 7.73. The van der Waals surface area contributed by atoms with E-state index in [9.17, 15) is 14.7 Å². The van der Waals surface area contributed by atoms with E-state index in [1.54, 1.807) is 12.1 Å². The molecule has 0 spiro atoms. The maximum absolute atomic E-state index is 12.7. The molecule has 0 aliphatic heterocycles. The molecule has 1 fully saturated rings. The number of carbonyl (C=O) groups excluding carboxylic acids is 2. The fraction of sp³-hybridized carbons (Fsp3) is 0.500. The van der Waals surface area contributed by atoms with Gasteiger partial charge in [0.1, 0.15) is 0 Å². The van der Waals surface area contributed by atoms with Crippen molar-refractivity contribution in [3.63, 3.8) is 0 Å². The molecule has 1 aromatic carbocycles. The quantitative estimate of drug-likeness (QED) is 0.747. The zero-order chi connectivity index (χ0) is 18.6. The molecular formula is C20H28N2O3. The third-order valence-electron chi connectivity index (χ3n) is 4.44. The van der Waals surface area contributed by atoms with E-state index in [1.165, 1.54) is 6.08 Å². The smallest absolute Gasteiger partial charge is 0.247 e. The Bertz CT molecular complexity index is 627. The lowest BCUT2D eigenvalue weighted by Gasteiger charge is -2.32. The second-order valence-corrected chi connectivity index (χ2v) is 7.73. The molecule has 1 atom stereocenters. The molecule has 0 bridgehead atoms. The van der Waals surface area contributed by atoms with E-state index in [0.29, 0.717) is 18.7 Å². The van der Waals surface area contributed by atoms with E-state index in [4.69, 9.17) is 0 Å². The van der Waals surface area contributed by atoms with Crippen LogP contribution in [0.3, 0.4) is 0 Å². The number of nitrogens with zero attached hydrogens (tertiary/aromatic N) is 1. The summed E-state index contributed by atoms with van der Waals surface area (Å²) in [6.45, 7) is 9.72. The molecule has 1 unspecified atom stereocenters. The molecule has 2 amide bonds. The van der Waals surface area contributed by atoms with Gasteiger partial charge in [0.2, 0.25) is 11.8 Å². The third-order valence-corrected chi connectivity index (χ3v) is 4.44. The summed E-state index contributed by atoms with van der Waals surface area (Å²) < 4.78 is 0. The Balaban J connectivity index is 1.98. The number of carbonyl (C=O) groups is 2. The molecule has 0 radical (unpaired) electrons. The van der Waals surface area contributed by atoms with Gasteiger partial charge in [0, 0.05) is 18.3 Å². The van der Waals surface area contributed by atoms with Crippen LogP contribution in [0.15, 0.2) is 36.9 Å². The van der Waals surface area contributed by atoms with Gasteiger partial charge in [-0.2, -0.15) is 0 Å². The van der Waals surface area contributed by atoms with Gasteiger partial charge in [-0.25, -0.2) is 0 Å². The molecule has 0 heterocycles. The van der Waals surface area contributed by atoms with Crippen molar-refractivity contribution in [1.29, 1.82) is 0 Å². The van der Waals surface area contributed by atoms with Crippen LogP contribution in [0.4, 0.5) is 5.69 Å². The van der Waals surface area contributed by atoms with Gasteiger partial charge in [-0.05, 0) is 42.0 Å². The van der Waals surface area contributed by atoms with Crippen molar-refractivity contribution in [2.45, 2.75) is 52.2 Å². The highest BCUT2D eigenvalue weighted by molar-refractivity contribution is 5.98. The molecule has 1 saturated carbocycles. The van der Waals surface area contributed by atoms with Crippen LogP contribution >= 0.6 is 0 Å². The molecular weight excluding hydrogens is 316 g/mol. The summed E-state index contributed by atoms with van der Waals surface area (Å²) in [6.07, 6.45) is 2.98. The highest BCUT2D eigenvalue weighted by atomic mass is 16.3. The number of hydrogen-bond acceptors (Lipinski definition) is 3. The summed E-state index contributed by atoms with van der Waals surface area (Å²) in [5, 5.41) is 13.0. The van der Waals surface area contributed by atoms with E-state index < -0.39 is 6.10 Å². The van der Waals surface area contributed by atoms with Gasteiger partial charge in [-0.15, -0.1) is 0 Å². The Morgan fingerprint density at radius 1 is 1.32 bits per heavy atom. The van der Waals surface area contributed by atoms with Crippen LogP contribution in [0.2, 0.25) is 0 Å². The minimum absolute atomic E-state index is 0.0358. The molecule has 1 aromatic rings. The Morgan fingerprint density at radius 3 is 2.40 bits per heavy atom. The number of rotatable bonds is 7. The molecule has 5 heteroatoms. The third kappa shape index (κ3) is 5.71. The number of anilines is 1. The highest BCUT2D eigenvalue weighted by Crippen LogP contribution is 2.30. The highest BCUT2D eigenvalue weighted by Gasteiger charge is 2.35. The maximum Gasteiger partial charge on any atom is 0.247 e. The van der Waals surface area contributed by atoms with Gasteiger partial charge < -0.3 is 15.3 Å². The normalized spacial score (nSPS) is 15.4. The zero-order valence-corrected chi connectivity index (χ0v) is 15.3. The van der Waals surface area contributed by atoms with Crippen LogP contribution < -0.4 is 5.32 Å². The average molecular weight is 344 g/mol. The predicted molar refractivity (Wildman–Crippen MR) is 99.2 cm³/mol. The number of aliphatic hydroxyl groups excluding tert-OH is 1. The summed E-state index contributed by atoms with van der Waals surface area (Å²) in [7, 11) is 0. The lowest BCUT2D eigenvalue weighted by molar-refractivity contribution is -0.133. The topological polar surface area (TPSA) is 69.6 Å². The average Bonchev–Trinajstić information content (AvgIpc) is 3.37. The Morgan fingerprint density at radius 2 is 1.92 bits per heavy atom. The van der Waals surface area contributed by atoms with Crippen molar-refractivity contribution in [2.75, 3.05) is 11.9 Å². The van der Waals surface area contributed by atoms with Crippen molar-refractivity contribution in [1.82, 2.24) is 4.90 Å². The van der Waals surface area contributed by atoms with Crippen molar-refractivity contribution in [3.05, 3.63) is 42.5 Å². The van der Waals surface area contributed by atoms with E-state index >= 15 is 0 Å². The molecule has 2 rings (SSSR count). The summed E-state index contributed by atoms with van der Waals surface area (Å²) in [5.74, 6) is -0.228. The van der Waals surface area contributed by atoms with Crippen LogP contribution in [0.1, 0.15) is 39.2 Å². The van der Waals surface area contributed by atoms with E-state index in [2.05, 4.69) is 11.9 Å². The van der Waals surface area contributed by atoms with E-state index in [0.717, 1.165) is 18.4 Å². The molecule has 5 nitrogen and oxygen atoms in total. The van der Waals surface area contributed by atoms with Gasteiger partial charge >= 0.3 is 0 Å². The van der Waals surface area contributed by atoms with E-state index in [1.807, 2.05) is 37.8 Å². The summed E-state index contributed by atoms with van der Waals surface area (Å²) in [5.41, 5.74) is 1.30. The van der Waals surface area contributed by atoms with Crippen LogP contribution in [0, 0.1) is 5.41 Å². The Kier molecular flexibility index (Phi) is 6.01. The van der Waals surface area contributed by atoms with Crippen molar-refractivity contribution in [3.8, 4) is 0 Å². The monoisotopic (exact) mass is 344 g/mol. The Hall–Kier alpha value is -2.14. The molecule has 25 heavy (non-hydrogen) atoms. The number of benzene rings is 1. The molecule has 1 aliphatic carbocycles. The van der Waals surface area contributed by atoms with Gasteiger partial charge in [-0.1, -0.05) is 39.5 Å². The van der Waals surface area contributed by atoms with Gasteiger partial charge in [0.15, 0.2) is 0 Å². The largest absolute Gasteiger partial charge is 0.391 e. The number of aliphatic hydroxyl groups is 1. The first kappa shape index (κ1) is 19.2. The summed E-state index contributed by atoms with van der Waals surface area (Å²) in [6, 6.07) is 7.48. The van der Waals surface area contributed by atoms with Gasteiger partial charge in [-0.3, -0.25) is 9.59 Å². The maximum atomic E-state index is 12.7. The molecule has 136 valence electrons. The first-order valence-electron chi connectivity index (χ1n) is 8.70. The first-order chi connectivity index (χ1) is 11.7. The summed E-state index contributed by atoms with van der Waals surface area (Å²) in [4.78, 5) is 25.8. The minimum Gasteiger partial charge on any atom is -0.391 e. The van der Waals surface area contributed by atoms with Gasteiger partial charge in [0.05, 0.1) is 12.5 Å². The van der Waals surface area contributed by atoms with Crippen LogP contribution in [-0.2, 0) is 16.0 Å². The van der Waals surface area contributed by atoms with Crippen molar-refractivity contribution < 1.29 is 14.7 Å². The molecule has 2 N–H and O–H groups in total. The lowest BCUT2D eigenvalue weighted by Crippen LogP contribution is -2.44. The first-order valence-corrected chi connectivity index (χ1v) is 8.70. The minimum atomic E-state index is -0.548. The lowest BCUT2D eigenvalue weighted by atomic mass is 9.88. The van der Waals surface area contributed by atoms with Crippen LogP contribution in [0.25, 0.3) is 0 Å². The molecule has 0 saturated heterocycles. The Labute approximate surface area is 149 Å². The van der Waals surface area contributed by atoms with E-state index in [-0.39, 0.29) is 23.3 Å². The predicted octanol–water partition coefficient (Wildman–Crippen LogP) is 2.75. The van der Waals surface area contributed by atoms with Gasteiger partial charge in [0.25, 0.3) is 0 Å². The summed E-state index contributed by atoms with van der Waals surface area (Å²) >= 11 is 0. The standard InChI is InChI=1S/C20H28N2O3/c1-5-18(24)21-15-8-6-14(7-9-15)12-19(25)22(16-10-11-16)13-17(23)20(2,3)4/h5-9,16-17,23H,1,10-13H2,2-4H3,(H,21,24). The number of hydrogen-bond donors (Lipinski definition) is 2. The van der Waals surface area contributed by atoms with Crippen LogP contribution in [0.5, 0.6) is 0 Å².